The van der Waals surface area contributed by atoms with Crippen LogP contribution in [0.1, 0.15) is 297 Å². The Balaban J connectivity index is 4.34. The van der Waals surface area contributed by atoms with E-state index in [1.54, 1.807) is 0 Å². The highest BCUT2D eigenvalue weighted by Crippen LogP contribution is 2.18. The number of hydrogen-bond acceptors (Lipinski definition) is 6. The average Bonchev–Trinajstić information content (AvgIpc) is 3.25. The molecule has 0 saturated heterocycles. The van der Waals surface area contributed by atoms with Gasteiger partial charge in [-0.25, -0.2) is 0 Å². The van der Waals surface area contributed by atoms with Crippen molar-refractivity contribution in [1.82, 2.24) is 4.90 Å². The van der Waals surface area contributed by atoms with E-state index >= 15 is 0 Å². The van der Waals surface area contributed by atoms with E-state index in [0.29, 0.717) is 44.2 Å². The highest BCUT2D eigenvalue weighted by atomic mass is 16.5. The van der Waals surface area contributed by atoms with Gasteiger partial charge in [0.05, 0.1) is 13.2 Å². The third kappa shape index (κ3) is 47.9. The molecule has 0 amide bonds. The number of ether oxygens (including phenoxy) is 2. The molecule has 0 fully saturated rings. The lowest BCUT2D eigenvalue weighted by Gasteiger charge is -2.23. The molecule has 0 saturated carbocycles. The van der Waals surface area contributed by atoms with Crippen LogP contribution in [0.25, 0.3) is 0 Å². The Kier molecular flexibility index (Phi) is 48.4. The maximum Gasteiger partial charge on any atom is 0.305 e. The first-order chi connectivity index (χ1) is 29.9. The van der Waals surface area contributed by atoms with Gasteiger partial charge in [0.1, 0.15) is 5.78 Å². The van der Waals surface area contributed by atoms with Gasteiger partial charge in [-0.05, 0) is 76.9 Å². The molecule has 0 spiro atoms. The zero-order chi connectivity index (χ0) is 44.5. The summed E-state index contributed by atoms with van der Waals surface area (Å²) >= 11 is 0. The quantitative estimate of drug-likeness (QED) is 0.0448. The number of hydrogen-bond donors (Lipinski definition) is 0. The Hall–Kier alpha value is -1.43. The van der Waals surface area contributed by atoms with Gasteiger partial charge in [0.15, 0.2) is 0 Å². The predicted molar refractivity (Wildman–Crippen MR) is 263 cm³/mol. The van der Waals surface area contributed by atoms with E-state index in [9.17, 15) is 14.4 Å². The van der Waals surface area contributed by atoms with E-state index < -0.39 is 0 Å². The number of ketones is 1. The minimum atomic E-state index is -0.0656. The molecule has 0 bridgehead atoms. The molecule has 0 heterocycles. The van der Waals surface area contributed by atoms with Crippen molar-refractivity contribution in [3.8, 4) is 0 Å². The summed E-state index contributed by atoms with van der Waals surface area (Å²) in [4.78, 5) is 40.1. The zero-order valence-corrected chi connectivity index (χ0v) is 41.8. The lowest BCUT2D eigenvalue weighted by molar-refractivity contribution is -0.144. The first-order valence-electron chi connectivity index (χ1n) is 27.5. The van der Waals surface area contributed by atoms with Gasteiger partial charge in [0, 0.05) is 25.7 Å². The summed E-state index contributed by atoms with van der Waals surface area (Å²) in [7, 11) is 0. The normalized spacial score (nSPS) is 12.0. The maximum atomic E-state index is 12.8. The van der Waals surface area contributed by atoms with E-state index in [-0.39, 0.29) is 11.9 Å². The fraction of sp³-hybridized carbons (Fsp3) is 0.945. The molecule has 0 aromatic carbocycles. The van der Waals surface area contributed by atoms with Gasteiger partial charge in [-0.1, -0.05) is 220 Å². The topological polar surface area (TPSA) is 72.9 Å². The second-order valence-electron chi connectivity index (χ2n) is 19.2. The van der Waals surface area contributed by atoms with Crippen LogP contribution in [0.4, 0.5) is 0 Å². The number of Topliss-reactive ketones (excluding diaryl/α,β-unsaturated/α-hetero) is 1. The van der Waals surface area contributed by atoms with Crippen molar-refractivity contribution < 1.29 is 23.9 Å². The number of nitrogens with zero attached hydrogens (tertiary/aromatic N) is 1. The van der Waals surface area contributed by atoms with Crippen molar-refractivity contribution in [2.24, 2.45) is 5.92 Å². The van der Waals surface area contributed by atoms with Gasteiger partial charge in [-0.15, -0.1) is 0 Å². The molecule has 0 aliphatic rings. The highest BCUT2D eigenvalue weighted by Gasteiger charge is 2.12. The van der Waals surface area contributed by atoms with Gasteiger partial charge in [-0.3, -0.25) is 14.4 Å². The second-order valence-corrected chi connectivity index (χ2v) is 19.2. The molecular weight excluding hydrogens is 755 g/mol. The summed E-state index contributed by atoms with van der Waals surface area (Å²) in [5, 5.41) is 0. The molecule has 0 aromatic heterocycles. The molecule has 0 aromatic rings. The van der Waals surface area contributed by atoms with Crippen LogP contribution in [-0.2, 0) is 23.9 Å². The minimum absolute atomic E-state index is 0.0373. The number of unbranched alkanes of at least 4 members (excludes halogenated alkanes) is 29. The standard InChI is InChI=1S/C55H107NO5/c1-5-8-11-14-17-20-23-24-25-28-31-34-43-53(57)44-39-48-56(49-40-46-55(59)61-51-36-33-30-27-22-19-16-13-10-7-3)47-38-42-52(4)41-37-45-54(58)60-50-35-32-29-26-21-18-15-12-9-6-2/h52H,5-51H2,1-4H3. The van der Waals surface area contributed by atoms with Gasteiger partial charge < -0.3 is 14.4 Å². The Morgan fingerprint density at radius 2 is 0.639 bits per heavy atom. The van der Waals surface area contributed by atoms with E-state index in [4.69, 9.17) is 9.47 Å². The first kappa shape index (κ1) is 59.6. The van der Waals surface area contributed by atoms with Crippen molar-refractivity contribution in [2.45, 2.75) is 297 Å². The summed E-state index contributed by atoms with van der Waals surface area (Å²) in [5.74, 6) is 0.876. The molecule has 0 radical (unpaired) electrons. The van der Waals surface area contributed by atoms with E-state index in [1.807, 2.05) is 0 Å². The molecule has 6 nitrogen and oxygen atoms in total. The molecule has 6 heteroatoms. The summed E-state index contributed by atoms with van der Waals surface area (Å²) in [6, 6.07) is 0. The Bertz CT molecular complexity index is 924. The number of carbonyl (C=O) groups is 3. The van der Waals surface area contributed by atoms with Gasteiger partial charge in [0.2, 0.25) is 0 Å². The third-order valence-corrected chi connectivity index (χ3v) is 12.9. The van der Waals surface area contributed by atoms with E-state index in [2.05, 4.69) is 32.6 Å². The Morgan fingerprint density at radius 3 is 1.05 bits per heavy atom. The fourth-order valence-corrected chi connectivity index (χ4v) is 8.67. The third-order valence-electron chi connectivity index (χ3n) is 12.9. The largest absolute Gasteiger partial charge is 0.466 e. The lowest BCUT2D eigenvalue weighted by atomic mass is 9.98. The molecule has 1 unspecified atom stereocenters. The van der Waals surface area contributed by atoms with Crippen LogP contribution in [0.2, 0.25) is 0 Å². The fourth-order valence-electron chi connectivity index (χ4n) is 8.67. The lowest BCUT2D eigenvalue weighted by Crippen LogP contribution is -2.28. The van der Waals surface area contributed by atoms with E-state index in [1.165, 1.54) is 173 Å². The monoisotopic (exact) mass is 862 g/mol. The smallest absolute Gasteiger partial charge is 0.305 e. The van der Waals surface area contributed by atoms with Crippen LogP contribution in [0.5, 0.6) is 0 Å². The van der Waals surface area contributed by atoms with Crippen molar-refractivity contribution in [1.29, 1.82) is 0 Å². The molecule has 0 N–H and O–H groups in total. The van der Waals surface area contributed by atoms with Gasteiger partial charge in [-0.2, -0.15) is 0 Å². The van der Waals surface area contributed by atoms with Crippen LogP contribution in [0, 0.1) is 5.92 Å². The van der Waals surface area contributed by atoms with Crippen LogP contribution in [0.15, 0.2) is 0 Å². The van der Waals surface area contributed by atoms with Crippen LogP contribution >= 0.6 is 0 Å². The molecule has 0 aliphatic carbocycles. The van der Waals surface area contributed by atoms with Gasteiger partial charge in [0.25, 0.3) is 0 Å². The van der Waals surface area contributed by atoms with Crippen molar-refractivity contribution in [3.63, 3.8) is 0 Å². The molecular formula is C55H107NO5. The number of esters is 2. The molecule has 0 rings (SSSR count). The van der Waals surface area contributed by atoms with Crippen LogP contribution in [-0.4, -0.2) is 55.5 Å². The van der Waals surface area contributed by atoms with Gasteiger partial charge >= 0.3 is 11.9 Å². The zero-order valence-electron chi connectivity index (χ0n) is 41.8. The van der Waals surface area contributed by atoms with Crippen molar-refractivity contribution >= 4 is 17.7 Å². The predicted octanol–water partition coefficient (Wildman–Crippen LogP) is 17.0. The SMILES string of the molecule is CCCCCCCCCCCCCCC(=O)CCCN(CCCC(=O)OCCCCCCCCCCCC)CCCC(C)CCCC(=O)OCCCCCCCCCCCC. The summed E-state index contributed by atoms with van der Waals surface area (Å²) in [6.45, 7) is 13.0. The van der Waals surface area contributed by atoms with Crippen LogP contribution < -0.4 is 0 Å². The first-order valence-corrected chi connectivity index (χ1v) is 27.5. The highest BCUT2D eigenvalue weighted by molar-refractivity contribution is 5.78. The van der Waals surface area contributed by atoms with Crippen LogP contribution in [0.3, 0.4) is 0 Å². The maximum absolute atomic E-state index is 12.8. The summed E-state index contributed by atoms with van der Waals surface area (Å²) < 4.78 is 11.1. The number of rotatable bonds is 51. The summed E-state index contributed by atoms with van der Waals surface area (Å²) in [5.41, 5.74) is 0. The van der Waals surface area contributed by atoms with E-state index in [0.717, 1.165) is 96.7 Å². The number of carbonyl (C=O) groups excluding carboxylic acids is 3. The second kappa shape index (κ2) is 49.6. The molecule has 61 heavy (non-hydrogen) atoms. The minimum Gasteiger partial charge on any atom is -0.466 e. The molecule has 362 valence electrons. The average molecular weight is 862 g/mol. The molecule has 1 atom stereocenters. The summed E-state index contributed by atoms with van der Waals surface area (Å²) in [6.07, 6.45) is 49.7. The molecule has 0 aliphatic heterocycles. The van der Waals surface area contributed by atoms with Crippen molar-refractivity contribution in [2.75, 3.05) is 32.8 Å². The van der Waals surface area contributed by atoms with Crippen molar-refractivity contribution in [3.05, 3.63) is 0 Å². The Labute approximate surface area is 381 Å². The Morgan fingerprint density at radius 1 is 0.344 bits per heavy atom.